The molecule has 0 atom stereocenters. The molecule has 7 heteroatoms. The summed E-state index contributed by atoms with van der Waals surface area (Å²) in [6.45, 7) is 0.133. The van der Waals surface area contributed by atoms with Crippen molar-refractivity contribution in [1.29, 1.82) is 0 Å². The molecule has 1 aliphatic heterocycles. The number of hydrogen-bond donors (Lipinski definition) is 1. The molecule has 0 aliphatic carbocycles. The minimum atomic E-state index is -0.00338. The average Bonchev–Trinajstić information content (AvgIpc) is 3.00. The lowest BCUT2D eigenvalue weighted by atomic mass is 10.1. The Balaban J connectivity index is 1.90. The molecule has 0 bridgehead atoms. The zero-order chi connectivity index (χ0) is 13.2. The van der Waals surface area contributed by atoms with Crippen molar-refractivity contribution in [3.05, 3.63) is 46.0 Å². The van der Waals surface area contributed by atoms with Crippen LogP contribution in [0, 0.1) is 0 Å². The van der Waals surface area contributed by atoms with Gasteiger partial charge in [-0.3, -0.25) is 4.79 Å². The number of carbonyl (C=O) groups excluding carboxylic acids is 1. The van der Waals surface area contributed by atoms with E-state index in [1.54, 1.807) is 6.07 Å². The second-order valence-corrected chi connectivity index (χ2v) is 4.16. The second-order valence-electron chi connectivity index (χ2n) is 4.16. The summed E-state index contributed by atoms with van der Waals surface area (Å²) in [5, 5.41) is 10.1. The second kappa shape index (κ2) is 4.47. The van der Waals surface area contributed by atoms with Crippen LogP contribution in [0.2, 0.25) is 0 Å². The van der Waals surface area contributed by atoms with E-state index in [0.29, 0.717) is 17.9 Å². The Bertz CT molecular complexity index is 700. The largest absolute Gasteiger partial charge is 0.361 e. The number of carbonyl (C=O) groups is 1. The predicted octanol–water partition coefficient (Wildman–Crippen LogP) is 2.65. The highest BCUT2D eigenvalue weighted by Crippen LogP contribution is 2.28. The lowest BCUT2D eigenvalue weighted by Gasteiger charge is -2.00. The van der Waals surface area contributed by atoms with E-state index < -0.39 is 0 Å². The van der Waals surface area contributed by atoms with E-state index in [1.807, 2.05) is 18.2 Å². The molecule has 94 valence electrons. The number of aromatic nitrogens is 1. The number of nitrogens with zero attached hydrogens (tertiary/aromatic N) is 4. The van der Waals surface area contributed by atoms with Crippen molar-refractivity contribution in [3.63, 3.8) is 0 Å². The fourth-order valence-corrected chi connectivity index (χ4v) is 2.01. The molecule has 0 radical (unpaired) electrons. The summed E-state index contributed by atoms with van der Waals surface area (Å²) in [6, 6.07) is 7.33. The van der Waals surface area contributed by atoms with E-state index in [9.17, 15) is 4.79 Å². The fourth-order valence-electron chi connectivity index (χ4n) is 2.01. The number of benzene rings is 1. The maximum Gasteiger partial charge on any atom is 0.228 e. The van der Waals surface area contributed by atoms with Crippen molar-refractivity contribution in [2.24, 2.45) is 5.11 Å². The Labute approximate surface area is 107 Å². The molecule has 0 spiro atoms. The molecule has 1 aromatic heterocycles. The van der Waals surface area contributed by atoms with Gasteiger partial charge in [-0.15, -0.1) is 0 Å². The summed E-state index contributed by atoms with van der Waals surface area (Å²) in [5.74, 6) is 0.499. The van der Waals surface area contributed by atoms with Crippen molar-refractivity contribution in [1.82, 2.24) is 5.16 Å². The summed E-state index contributed by atoms with van der Waals surface area (Å²) < 4.78 is 5.06. The normalized spacial score (nSPS) is 12.7. The van der Waals surface area contributed by atoms with Crippen LogP contribution in [0.1, 0.15) is 11.3 Å². The third kappa shape index (κ3) is 2.14. The molecule has 0 fully saturated rings. The van der Waals surface area contributed by atoms with Crippen molar-refractivity contribution >= 4 is 11.6 Å². The minimum absolute atomic E-state index is 0.00338. The first-order chi connectivity index (χ1) is 9.26. The Hall–Kier alpha value is -2.79. The van der Waals surface area contributed by atoms with Gasteiger partial charge in [0, 0.05) is 22.2 Å². The molecule has 2 aromatic rings. The Kier molecular flexibility index (Phi) is 2.66. The molecule has 1 aliphatic rings. The van der Waals surface area contributed by atoms with Gasteiger partial charge in [0.2, 0.25) is 5.91 Å². The first kappa shape index (κ1) is 11.3. The molecule has 0 saturated carbocycles. The van der Waals surface area contributed by atoms with Crippen molar-refractivity contribution in [3.8, 4) is 11.3 Å². The lowest BCUT2D eigenvalue weighted by molar-refractivity contribution is -0.115. The number of fused-ring (bicyclic) bond motifs is 1. The van der Waals surface area contributed by atoms with E-state index in [1.165, 1.54) is 0 Å². The van der Waals surface area contributed by atoms with Gasteiger partial charge in [0.05, 0.1) is 13.0 Å². The van der Waals surface area contributed by atoms with Gasteiger partial charge in [0.1, 0.15) is 11.5 Å². The van der Waals surface area contributed by atoms with Crippen LogP contribution in [0.3, 0.4) is 0 Å². The predicted molar refractivity (Wildman–Crippen MR) is 67.1 cm³/mol. The molecule has 1 N–H and O–H groups in total. The van der Waals surface area contributed by atoms with E-state index in [4.69, 9.17) is 10.1 Å². The number of nitrogens with one attached hydrogen (secondary N) is 1. The molecule has 3 rings (SSSR count). The minimum Gasteiger partial charge on any atom is -0.361 e. The Morgan fingerprint density at radius 1 is 1.47 bits per heavy atom. The third-order valence-corrected chi connectivity index (χ3v) is 2.87. The number of amides is 1. The molecule has 1 amide bonds. The van der Waals surface area contributed by atoms with Gasteiger partial charge >= 0.3 is 0 Å². The first-order valence-electron chi connectivity index (χ1n) is 5.66. The average molecular weight is 255 g/mol. The smallest absolute Gasteiger partial charge is 0.228 e. The van der Waals surface area contributed by atoms with Gasteiger partial charge < -0.3 is 9.84 Å². The van der Waals surface area contributed by atoms with Crippen LogP contribution in [0.4, 0.5) is 5.69 Å². The number of anilines is 1. The highest BCUT2D eigenvalue weighted by molar-refractivity contribution is 5.99. The summed E-state index contributed by atoms with van der Waals surface area (Å²) >= 11 is 0. The van der Waals surface area contributed by atoms with Crippen molar-refractivity contribution < 1.29 is 9.32 Å². The third-order valence-electron chi connectivity index (χ3n) is 2.87. The molecule has 1 aromatic carbocycles. The SMILES string of the molecule is [N-]=[N+]=NCc1cc(-c2ccc3c(c2)CC(=O)N3)no1. The lowest BCUT2D eigenvalue weighted by Crippen LogP contribution is -2.03. The molecular weight excluding hydrogens is 246 g/mol. The number of rotatable bonds is 3. The molecule has 19 heavy (non-hydrogen) atoms. The Morgan fingerprint density at radius 3 is 3.21 bits per heavy atom. The van der Waals surface area contributed by atoms with Crippen LogP contribution in [-0.4, -0.2) is 11.1 Å². The van der Waals surface area contributed by atoms with Crippen LogP contribution in [0.15, 0.2) is 33.9 Å². The van der Waals surface area contributed by atoms with Crippen LogP contribution in [0.25, 0.3) is 21.7 Å². The first-order valence-corrected chi connectivity index (χ1v) is 5.66. The van der Waals surface area contributed by atoms with Gasteiger partial charge in [0.25, 0.3) is 0 Å². The van der Waals surface area contributed by atoms with Gasteiger partial charge in [-0.2, -0.15) is 0 Å². The van der Waals surface area contributed by atoms with Crippen LogP contribution in [0.5, 0.6) is 0 Å². The van der Waals surface area contributed by atoms with Crippen LogP contribution >= 0.6 is 0 Å². The summed E-state index contributed by atoms with van der Waals surface area (Å²) in [4.78, 5) is 13.9. The van der Waals surface area contributed by atoms with E-state index in [2.05, 4.69) is 20.5 Å². The van der Waals surface area contributed by atoms with Crippen molar-refractivity contribution in [2.45, 2.75) is 13.0 Å². The number of azide groups is 1. The van der Waals surface area contributed by atoms with E-state index in [-0.39, 0.29) is 12.5 Å². The van der Waals surface area contributed by atoms with Gasteiger partial charge in [0.15, 0.2) is 0 Å². The maximum absolute atomic E-state index is 11.3. The quantitative estimate of drug-likeness (QED) is 0.517. The van der Waals surface area contributed by atoms with Crippen molar-refractivity contribution in [2.75, 3.05) is 5.32 Å². The van der Waals surface area contributed by atoms with Gasteiger partial charge in [-0.05, 0) is 23.2 Å². The standard InChI is InChI=1S/C12H9N5O2/c13-17-14-6-9-5-11(16-19-9)7-1-2-10-8(3-7)4-12(18)15-10/h1-3,5H,4,6H2,(H,15,18). The zero-order valence-electron chi connectivity index (χ0n) is 9.83. The zero-order valence-corrected chi connectivity index (χ0v) is 9.83. The molecular formula is C12H9N5O2. The Morgan fingerprint density at radius 2 is 2.37 bits per heavy atom. The highest BCUT2D eigenvalue weighted by atomic mass is 16.5. The summed E-state index contributed by atoms with van der Waals surface area (Å²) in [5.41, 5.74) is 11.5. The monoisotopic (exact) mass is 255 g/mol. The summed E-state index contributed by atoms with van der Waals surface area (Å²) in [7, 11) is 0. The summed E-state index contributed by atoms with van der Waals surface area (Å²) in [6.07, 6.45) is 0.382. The number of hydrogen-bond acceptors (Lipinski definition) is 4. The van der Waals surface area contributed by atoms with Gasteiger partial charge in [-0.25, -0.2) is 0 Å². The highest BCUT2D eigenvalue weighted by Gasteiger charge is 2.18. The van der Waals surface area contributed by atoms with Crippen LogP contribution in [-0.2, 0) is 17.8 Å². The molecule has 7 nitrogen and oxygen atoms in total. The van der Waals surface area contributed by atoms with Crippen LogP contribution < -0.4 is 5.32 Å². The van der Waals surface area contributed by atoms with Gasteiger partial charge in [-0.1, -0.05) is 16.3 Å². The van der Waals surface area contributed by atoms with E-state index >= 15 is 0 Å². The topological polar surface area (TPSA) is 104 Å². The molecule has 2 heterocycles. The molecule has 0 saturated heterocycles. The van der Waals surface area contributed by atoms with E-state index in [0.717, 1.165) is 16.8 Å². The maximum atomic E-state index is 11.3. The molecule has 0 unspecified atom stereocenters. The fraction of sp³-hybridized carbons (Fsp3) is 0.167.